The maximum absolute atomic E-state index is 9.88. The summed E-state index contributed by atoms with van der Waals surface area (Å²) in [6, 6.07) is 10.4. The molecule has 0 spiro atoms. The normalized spacial score (nSPS) is 27.1. The second kappa shape index (κ2) is 5.64. The largest absolute Gasteiger partial charge is 0.394 e. The van der Waals surface area contributed by atoms with Gasteiger partial charge >= 0.3 is 0 Å². The van der Waals surface area contributed by atoms with E-state index in [0.29, 0.717) is 0 Å². The van der Waals surface area contributed by atoms with E-state index in [9.17, 15) is 5.11 Å². The summed E-state index contributed by atoms with van der Waals surface area (Å²) in [5.41, 5.74) is 1.25. The van der Waals surface area contributed by atoms with Crippen LogP contribution in [-0.4, -0.2) is 28.8 Å². The Morgan fingerprint density at radius 2 is 2.00 bits per heavy atom. The first-order chi connectivity index (χ1) is 8.60. The van der Waals surface area contributed by atoms with Crippen molar-refractivity contribution in [3.05, 3.63) is 35.9 Å². The highest BCUT2D eigenvalue weighted by Gasteiger charge is 2.46. The Kier molecular flexibility index (Phi) is 4.36. The van der Waals surface area contributed by atoms with Crippen molar-refractivity contribution < 1.29 is 5.11 Å². The molecule has 2 nitrogen and oxygen atoms in total. The van der Waals surface area contributed by atoms with Crippen molar-refractivity contribution in [1.29, 1.82) is 0 Å². The SMILES string of the molecule is CC1(C)CCSCC1(CO)NCc1ccccc1. The van der Waals surface area contributed by atoms with Crippen LogP contribution in [0.15, 0.2) is 30.3 Å². The molecular weight excluding hydrogens is 242 g/mol. The first-order valence-corrected chi connectivity index (χ1v) is 7.73. The average Bonchev–Trinajstić information content (AvgIpc) is 2.39. The Morgan fingerprint density at radius 1 is 1.28 bits per heavy atom. The Morgan fingerprint density at radius 3 is 2.61 bits per heavy atom. The van der Waals surface area contributed by atoms with Crippen LogP contribution < -0.4 is 5.32 Å². The molecule has 1 aromatic rings. The van der Waals surface area contributed by atoms with E-state index < -0.39 is 0 Å². The molecule has 1 saturated heterocycles. The van der Waals surface area contributed by atoms with Crippen LogP contribution in [0, 0.1) is 5.41 Å². The molecule has 0 aliphatic carbocycles. The minimum absolute atomic E-state index is 0.141. The maximum atomic E-state index is 9.88. The van der Waals surface area contributed by atoms with Gasteiger partial charge in [-0.3, -0.25) is 0 Å². The fourth-order valence-corrected chi connectivity index (χ4v) is 4.21. The molecule has 0 bridgehead atoms. The molecule has 1 unspecified atom stereocenters. The quantitative estimate of drug-likeness (QED) is 0.878. The molecule has 100 valence electrons. The van der Waals surface area contributed by atoms with Gasteiger partial charge in [-0.05, 0) is 23.2 Å². The van der Waals surface area contributed by atoms with Gasteiger partial charge in [0, 0.05) is 12.3 Å². The van der Waals surface area contributed by atoms with Gasteiger partial charge in [-0.1, -0.05) is 44.2 Å². The third-order valence-electron chi connectivity index (χ3n) is 4.26. The maximum Gasteiger partial charge on any atom is 0.0626 e. The van der Waals surface area contributed by atoms with Gasteiger partial charge in [0.15, 0.2) is 0 Å². The molecule has 1 aromatic carbocycles. The van der Waals surface area contributed by atoms with Crippen LogP contribution in [0.25, 0.3) is 0 Å². The summed E-state index contributed by atoms with van der Waals surface area (Å²) in [5, 5.41) is 13.5. The highest BCUT2D eigenvalue weighted by Crippen LogP contribution is 2.42. The molecular formula is C15H23NOS. The molecule has 2 N–H and O–H groups in total. The summed E-state index contributed by atoms with van der Waals surface area (Å²) < 4.78 is 0. The first kappa shape index (κ1) is 13.9. The van der Waals surface area contributed by atoms with Crippen LogP contribution in [0.1, 0.15) is 25.8 Å². The summed E-state index contributed by atoms with van der Waals surface area (Å²) in [6.07, 6.45) is 1.15. The molecule has 1 aliphatic heterocycles. The van der Waals surface area contributed by atoms with E-state index in [0.717, 1.165) is 18.7 Å². The van der Waals surface area contributed by atoms with Crippen molar-refractivity contribution in [3.8, 4) is 0 Å². The lowest BCUT2D eigenvalue weighted by Crippen LogP contribution is -2.62. The van der Waals surface area contributed by atoms with Gasteiger partial charge in [0.2, 0.25) is 0 Å². The molecule has 1 heterocycles. The monoisotopic (exact) mass is 265 g/mol. The van der Waals surface area contributed by atoms with Gasteiger partial charge in [-0.25, -0.2) is 0 Å². The summed E-state index contributed by atoms with van der Waals surface area (Å²) in [4.78, 5) is 0. The summed E-state index contributed by atoms with van der Waals surface area (Å²) in [7, 11) is 0. The van der Waals surface area contributed by atoms with E-state index in [1.54, 1.807) is 0 Å². The van der Waals surface area contributed by atoms with Crippen LogP contribution >= 0.6 is 11.8 Å². The predicted molar refractivity (Wildman–Crippen MR) is 78.8 cm³/mol. The number of rotatable bonds is 4. The second-order valence-corrected chi connectivity index (χ2v) is 6.87. The van der Waals surface area contributed by atoms with Gasteiger partial charge in [-0.2, -0.15) is 11.8 Å². The van der Waals surface area contributed by atoms with E-state index in [-0.39, 0.29) is 17.6 Å². The lowest BCUT2D eigenvalue weighted by molar-refractivity contribution is 0.0589. The third-order valence-corrected chi connectivity index (χ3v) is 5.45. The molecule has 0 aromatic heterocycles. The number of thioether (sulfide) groups is 1. The van der Waals surface area contributed by atoms with Crippen molar-refractivity contribution in [2.75, 3.05) is 18.1 Å². The molecule has 0 saturated carbocycles. The number of aliphatic hydroxyl groups excluding tert-OH is 1. The first-order valence-electron chi connectivity index (χ1n) is 6.57. The van der Waals surface area contributed by atoms with Crippen molar-refractivity contribution in [3.63, 3.8) is 0 Å². The molecule has 0 amide bonds. The third kappa shape index (κ3) is 2.73. The van der Waals surface area contributed by atoms with Gasteiger partial charge in [0.05, 0.1) is 12.1 Å². The minimum Gasteiger partial charge on any atom is -0.394 e. The van der Waals surface area contributed by atoms with Crippen LogP contribution in [-0.2, 0) is 6.54 Å². The van der Waals surface area contributed by atoms with Gasteiger partial charge in [-0.15, -0.1) is 0 Å². The molecule has 18 heavy (non-hydrogen) atoms. The average molecular weight is 265 g/mol. The van der Waals surface area contributed by atoms with Gasteiger partial charge < -0.3 is 10.4 Å². The number of benzene rings is 1. The number of aliphatic hydroxyl groups is 1. The van der Waals surface area contributed by atoms with Crippen LogP contribution in [0.5, 0.6) is 0 Å². The zero-order chi connectivity index (χ0) is 13.1. The van der Waals surface area contributed by atoms with E-state index in [4.69, 9.17) is 0 Å². The van der Waals surface area contributed by atoms with E-state index in [2.05, 4.69) is 43.4 Å². The molecule has 3 heteroatoms. The standard InChI is InChI=1S/C15H23NOS/c1-14(2)8-9-18-12-15(14,11-17)16-10-13-6-4-3-5-7-13/h3-7,16-17H,8-12H2,1-2H3. The molecule has 1 atom stereocenters. The molecule has 0 radical (unpaired) electrons. The zero-order valence-electron chi connectivity index (χ0n) is 11.3. The minimum atomic E-state index is -0.161. The van der Waals surface area contributed by atoms with Crippen molar-refractivity contribution >= 4 is 11.8 Å². The zero-order valence-corrected chi connectivity index (χ0v) is 12.1. The van der Waals surface area contributed by atoms with Gasteiger partial charge in [0.25, 0.3) is 0 Å². The highest BCUT2D eigenvalue weighted by atomic mass is 32.2. The van der Waals surface area contributed by atoms with Crippen LogP contribution in [0.2, 0.25) is 0 Å². The Balaban J connectivity index is 2.08. The number of hydrogen-bond donors (Lipinski definition) is 2. The molecule has 2 rings (SSSR count). The Labute approximate surface area is 114 Å². The molecule has 1 aliphatic rings. The highest BCUT2D eigenvalue weighted by molar-refractivity contribution is 7.99. The lowest BCUT2D eigenvalue weighted by atomic mass is 9.71. The van der Waals surface area contributed by atoms with Crippen LogP contribution in [0.4, 0.5) is 0 Å². The lowest BCUT2D eigenvalue weighted by Gasteiger charge is -2.49. The fourth-order valence-electron chi connectivity index (χ4n) is 2.48. The topological polar surface area (TPSA) is 32.3 Å². The molecule has 1 fully saturated rings. The number of hydrogen-bond acceptors (Lipinski definition) is 3. The van der Waals surface area contributed by atoms with Crippen molar-refractivity contribution in [2.24, 2.45) is 5.41 Å². The van der Waals surface area contributed by atoms with E-state index >= 15 is 0 Å². The summed E-state index contributed by atoms with van der Waals surface area (Å²) >= 11 is 1.94. The van der Waals surface area contributed by atoms with Crippen molar-refractivity contribution in [2.45, 2.75) is 32.4 Å². The van der Waals surface area contributed by atoms with Crippen LogP contribution in [0.3, 0.4) is 0 Å². The summed E-state index contributed by atoms with van der Waals surface area (Å²) in [5.74, 6) is 2.19. The predicted octanol–water partition coefficient (Wildman–Crippen LogP) is 2.67. The Hall–Kier alpha value is -0.510. The van der Waals surface area contributed by atoms with E-state index in [1.807, 2.05) is 17.8 Å². The second-order valence-electron chi connectivity index (χ2n) is 5.77. The number of nitrogens with one attached hydrogen (secondary N) is 1. The van der Waals surface area contributed by atoms with Crippen molar-refractivity contribution in [1.82, 2.24) is 5.32 Å². The van der Waals surface area contributed by atoms with Gasteiger partial charge in [0.1, 0.15) is 0 Å². The fraction of sp³-hybridized carbons (Fsp3) is 0.600. The summed E-state index contributed by atoms with van der Waals surface area (Å²) in [6.45, 7) is 5.56. The Bertz CT molecular complexity index is 379. The smallest absolute Gasteiger partial charge is 0.0626 e. The van der Waals surface area contributed by atoms with E-state index in [1.165, 1.54) is 11.3 Å².